The zero-order valence-electron chi connectivity index (χ0n) is 10.2. The molecule has 90 valence electrons. The highest BCUT2D eigenvalue weighted by atomic mass is 16.5. The molecule has 2 N–H and O–H groups in total. The van der Waals surface area contributed by atoms with Crippen LogP contribution < -0.4 is 10.5 Å². The summed E-state index contributed by atoms with van der Waals surface area (Å²) in [7, 11) is 3.66. The Morgan fingerprint density at radius 2 is 2.24 bits per heavy atom. The maximum Gasteiger partial charge on any atom is 0.119 e. The van der Waals surface area contributed by atoms with Crippen LogP contribution >= 0.6 is 0 Å². The Balaban J connectivity index is 2.21. The molecule has 0 amide bonds. The molecule has 0 bridgehead atoms. The van der Waals surface area contributed by atoms with Crippen molar-refractivity contribution in [2.45, 2.75) is 13.0 Å². The highest BCUT2D eigenvalue weighted by Gasteiger charge is 2.05. The van der Waals surface area contributed by atoms with Crippen molar-refractivity contribution in [3.63, 3.8) is 0 Å². The van der Waals surface area contributed by atoms with Crippen molar-refractivity contribution in [3.05, 3.63) is 47.5 Å². The summed E-state index contributed by atoms with van der Waals surface area (Å²) in [6.45, 7) is 0.478. The fraction of sp³-hybridized carbons (Fsp3) is 0.308. The van der Waals surface area contributed by atoms with Crippen LogP contribution in [0.4, 0.5) is 0 Å². The van der Waals surface area contributed by atoms with Crippen molar-refractivity contribution >= 4 is 0 Å². The van der Waals surface area contributed by atoms with Crippen LogP contribution in [-0.4, -0.2) is 16.7 Å². The average Bonchev–Trinajstić information content (AvgIpc) is 2.70. The van der Waals surface area contributed by atoms with E-state index in [0.29, 0.717) is 6.54 Å². The second-order valence-electron chi connectivity index (χ2n) is 3.99. The second-order valence-corrected chi connectivity index (χ2v) is 3.99. The lowest BCUT2D eigenvalue weighted by atomic mass is 10.1. The summed E-state index contributed by atoms with van der Waals surface area (Å²) >= 11 is 0. The fourth-order valence-electron chi connectivity index (χ4n) is 1.80. The van der Waals surface area contributed by atoms with Crippen LogP contribution in [0.3, 0.4) is 0 Å². The van der Waals surface area contributed by atoms with Crippen LogP contribution in [0.1, 0.15) is 17.1 Å². The summed E-state index contributed by atoms with van der Waals surface area (Å²) < 4.78 is 7.22. The number of methoxy groups -OCH3 is 1. The van der Waals surface area contributed by atoms with E-state index in [4.69, 9.17) is 10.5 Å². The number of nitrogens with zero attached hydrogens (tertiary/aromatic N) is 2. The molecule has 2 rings (SSSR count). The van der Waals surface area contributed by atoms with E-state index in [2.05, 4.69) is 11.1 Å². The lowest BCUT2D eigenvalue weighted by Crippen LogP contribution is -1.99. The molecular formula is C13H17N3O. The largest absolute Gasteiger partial charge is 0.497 e. The van der Waals surface area contributed by atoms with Gasteiger partial charge in [0.05, 0.1) is 12.8 Å². The van der Waals surface area contributed by atoms with E-state index in [1.54, 1.807) is 7.11 Å². The van der Waals surface area contributed by atoms with Gasteiger partial charge in [-0.15, -0.1) is 0 Å². The summed E-state index contributed by atoms with van der Waals surface area (Å²) in [4.78, 5) is 4.48. The normalized spacial score (nSPS) is 10.5. The van der Waals surface area contributed by atoms with E-state index >= 15 is 0 Å². The van der Waals surface area contributed by atoms with Crippen molar-refractivity contribution in [3.8, 4) is 5.75 Å². The Hall–Kier alpha value is -1.81. The highest BCUT2D eigenvalue weighted by Crippen LogP contribution is 2.15. The summed E-state index contributed by atoms with van der Waals surface area (Å²) in [5.41, 5.74) is 7.68. The van der Waals surface area contributed by atoms with Gasteiger partial charge in [-0.05, 0) is 17.7 Å². The lowest BCUT2D eigenvalue weighted by Gasteiger charge is -2.04. The van der Waals surface area contributed by atoms with Gasteiger partial charge in [-0.3, -0.25) is 0 Å². The molecule has 0 fully saturated rings. The van der Waals surface area contributed by atoms with Gasteiger partial charge in [0.1, 0.15) is 11.6 Å². The number of aryl methyl sites for hydroxylation is 1. The van der Waals surface area contributed by atoms with Gasteiger partial charge in [0.2, 0.25) is 0 Å². The van der Waals surface area contributed by atoms with Gasteiger partial charge in [-0.2, -0.15) is 0 Å². The summed E-state index contributed by atoms with van der Waals surface area (Å²) in [6.07, 6.45) is 2.75. The van der Waals surface area contributed by atoms with Crippen molar-refractivity contribution in [1.82, 2.24) is 9.55 Å². The molecule has 1 heterocycles. The van der Waals surface area contributed by atoms with Gasteiger partial charge in [0.25, 0.3) is 0 Å². The minimum Gasteiger partial charge on any atom is -0.497 e. The molecule has 4 heteroatoms. The number of rotatable bonds is 4. The van der Waals surface area contributed by atoms with E-state index in [1.165, 1.54) is 5.56 Å². The fourth-order valence-corrected chi connectivity index (χ4v) is 1.80. The molecule has 0 atom stereocenters. The number of nitrogens with two attached hydrogens (primary N) is 1. The number of imidazole rings is 1. The minimum absolute atomic E-state index is 0.478. The first kappa shape index (κ1) is 11.7. The molecule has 0 saturated heterocycles. The van der Waals surface area contributed by atoms with E-state index in [-0.39, 0.29) is 0 Å². The summed E-state index contributed by atoms with van der Waals surface area (Å²) in [5.74, 6) is 1.88. The average molecular weight is 231 g/mol. The van der Waals surface area contributed by atoms with Crippen LogP contribution in [-0.2, 0) is 20.0 Å². The van der Waals surface area contributed by atoms with Crippen LogP contribution in [0.5, 0.6) is 5.75 Å². The minimum atomic E-state index is 0.478. The number of aromatic nitrogens is 2. The molecule has 0 aliphatic carbocycles. The first-order chi connectivity index (χ1) is 8.22. The molecule has 0 radical (unpaired) electrons. The van der Waals surface area contributed by atoms with Crippen LogP contribution in [0.15, 0.2) is 30.5 Å². The molecular weight excluding hydrogens is 214 g/mol. The summed E-state index contributed by atoms with van der Waals surface area (Å²) in [6, 6.07) is 8.02. The predicted molar refractivity (Wildman–Crippen MR) is 66.9 cm³/mol. The van der Waals surface area contributed by atoms with Gasteiger partial charge < -0.3 is 15.0 Å². The smallest absolute Gasteiger partial charge is 0.119 e. The third kappa shape index (κ3) is 2.65. The topological polar surface area (TPSA) is 53.1 Å². The number of hydrogen-bond donors (Lipinski definition) is 1. The summed E-state index contributed by atoms with van der Waals surface area (Å²) in [5, 5.41) is 0. The van der Waals surface area contributed by atoms with Crippen molar-refractivity contribution in [2.24, 2.45) is 12.8 Å². The molecule has 2 aromatic rings. The third-order valence-electron chi connectivity index (χ3n) is 2.73. The van der Waals surface area contributed by atoms with E-state index in [1.807, 2.05) is 36.0 Å². The standard InChI is InChI=1S/C13H17N3O/c1-16-9-11(8-14)15-13(16)7-10-4-3-5-12(6-10)17-2/h3-6,9H,7-8,14H2,1-2H3. The van der Waals surface area contributed by atoms with E-state index in [0.717, 1.165) is 23.7 Å². The zero-order chi connectivity index (χ0) is 12.3. The monoisotopic (exact) mass is 231 g/mol. The zero-order valence-corrected chi connectivity index (χ0v) is 10.2. The van der Waals surface area contributed by atoms with E-state index < -0.39 is 0 Å². The van der Waals surface area contributed by atoms with Gasteiger partial charge in [0.15, 0.2) is 0 Å². The first-order valence-electron chi connectivity index (χ1n) is 5.57. The van der Waals surface area contributed by atoms with Gasteiger partial charge in [-0.1, -0.05) is 12.1 Å². The Morgan fingerprint density at radius 1 is 1.41 bits per heavy atom. The van der Waals surface area contributed by atoms with Crippen LogP contribution in [0.2, 0.25) is 0 Å². The maximum atomic E-state index is 5.58. The number of ether oxygens (including phenoxy) is 1. The molecule has 0 unspecified atom stereocenters. The Kier molecular flexibility index (Phi) is 3.44. The first-order valence-corrected chi connectivity index (χ1v) is 5.57. The quantitative estimate of drug-likeness (QED) is 0.867. The maximum absolute atomic E-state index is 5.58. The molecule has 4 nitrogen and oxygen atoms in total. The van der Waals surface area contributed by atoms with Crippen LogP contribution in [0, 0.1) is 0 Å². The number of benzene rings is 1. The molecule has 0 spiro atoms. The van der Waals surface area contributed by atoms with Crippen LogP contribution in [0.25, 0.3) is 0 Å². The van der Waals surface area contributed by atoms with Crippen molar-refractivity contribution in [1.29, 1.82) is 0 Å². The molecule has 0 aliphatic heterocycles. The Bertz CT molecular complexity index is 505. The molecule has 1 aromatic heterocycles. The van der Waals surface area contributed by atoms with Gasteiger partial charge >= 0.3 is 0 Å². The van der Waals surface area contributed by atoms with Gasteiger partial charge in [-0.25, -0.2) is 4.98 Å². The number of hydrogen-bond acceptors (Lipinski definition) is 3. The highest BCUT2D eigenvalue weighted by molar-refractivity contribution is 5.30. The molecule has 1 aromatic carbocycles. The van der Waals surface area contributed by atoms with Crippen molar-refractivity contribution < 1.29 is 4.74 Å². The lowest BCUT2D eigenvalue weighted by molar-refractivity contribution is 0.414. The molecule has 0 aliphatic rings. The predicted octanol–water partition coefficient (Wildman–Crippen LogP) is 1.48. The van der Waals surface area contributed by atoms with Gasteiger partial charge in [0, 0.05) is 26.2 Å². The SMILES string of the molecule is COc1cccc(Cc2nc(CN)cn2C)c1. The molecule has 17 heavy (non-hydrogen) atoms. The molecule has 0 saturated carbocycles. The third-order valence-corrected chi connectivity index (χ3v) is 2.73. The van der Waals surface area contributed by atoms with E-state index in [9.17, 15) is 0 Å². The second kappa shape index (κ2) is 5.01. The Labute approximate surface area is 101 Å². The van der Waals surface area contributed by atoms with Crippen molar-refractivity contribution in [2.75, 3.05) is 7.11 Å². The Morgan fingerprint density at radius 3 is 2.88 bits per heavy atom.